The predicted octanol–water partition coefficient (Wildman–Crippen LogP) is 4.32. The van der Waals surface area contributed by atoms with Gasteiger partial charge in [-0.05, 0) is 24.6 Å². The van der Waals surface area contributed by atoms with Crippen LogP contribution in [0, 0.1) is 0 Å². The lowest BCUT2D eigenvalue weighted by atomic mass is 10.1. The van der Waals surface area contributed by atoms with Crippen LogP contribution >= 0.6 is 0 Å². The van der Waals surface area contributed by atoms with Crippen LogP contribution in [0.15, 0.2) is 33.5 Å². The molecule has 0 radical (unpaired) electrons. The molecule has 1 aromatic carbocycles. The Kier molecular flexibility index (Phi) is 6.85. The lowest BCUT2D eigenvalue weighted by Crippen LogP contribution is -2.14. The van der Waals surface area contributed by atoms with Gasteiger partial charge in [0.15, 0.2) is 0 Å². The van der Waals surface area contributed by atoms with Crippen molar-refractivity contribution < 1.29 is 18.7 Å². The van der Waals surface area contributed by atoms with Crippen molar-refractivity contribution in [2.75, 3.05) is 13.7 Å². The van der Waals surface area contributed by atoms with E-state index in [1.165, 1.54) is 38.9 Å². The molecule has 24 heavy (non-hydrogen) atoms. The Labute approximate surface area is 141 Å². The molecule has 130 valence electrons. The number of esters is 1. The van der Waals surface area contributed by atoms with Gasteiger partial charge in [-0.2, -0.15) is 0 Å². The zero-order valence-electron chi connectivity index (χ0n) is 14.3. The highest BCUT2D eigenvalue weighted by molar-refractivity contribution is 5.92. The Hall–Kier alpha value is -2.30. The normalized spacial score (nSPS) is 10.8. The van der Waals surface area contributed by atoms with Gasteiger partial charge in [0.2, 0.25) is 0 Å². The smallest absolute Gasteiger partial charge is 0.351 e. The largest absolute Gasteiger partial charge is 0.493 e. The quantitative estimate of drug-likeness (QED) is 0.389. The molecule has 0 aliphatic heterocycles. The number of hydrogen-bond acceptors (Lipinski definition) is 5. The number of fused-ring (bicyclic) bond motifs is 1. The van der Waals surface area contributed by atoms with E-state index in [2.05, 4.69) is 11.7 Å². The molecule has 0 fully saturated rings. The maximum atomic E-state index is 11.8. The number of methoxy groups -OCH3 is 1. The summed E-state index contributed by atoms with van der Waals surface area (Å²) < 4.78 is 15.5. The van der Waals surface area contributed by atoms with E-state index in [4.69, 9.17) is 9.15 Å². The number of hydrogen-bond donors (Lipinski definition) is 0. The summed E-state index contributed by atoms with van der Waals surface area (Å²) in [5.74, 6) is -0.0425. The fraction of sp³-hybridized carbons (Fsp3) is 0.474. The number of rotatable bonds is 9. The molecule has 0 N–H and O–H groups in total. The lowest BCUT2D eigenvalue weighted by molar-refractivity contribution is 0.0596. The van der Waals surface area contributed by atoms with Crippen LogP contribution in [0.4, 0.5) is 0 Å². The van der Waals surface area contributed by atoms with E-state index in [1.54, 1.807) is 18.2 Å². The van der Waals surface area contributed by atoms with E-state index in [1.807, 2.05) is 0 Å². The van der Waals surface area contributed by atoms with E-state index < -0.39 is 11.6 Å². The van der Waals surface area contributed by atoms with Crippen LogP contribution in [0.2, 0.25) is 0 Å². The molecule has 0 atom stereocenters. The van der Waals surface area contributed by atoms with Gasteiger partial charge in [0.05, 0.1) is 13.7 Å². The zero-order chi connectivity index (χ0) is 17.4. The van der Waals surface area contributed by atoms with Crippen molar-refractivity contribution in [3.05, 3.63) is 40.2 Å². The van der Waals surface area contributed by atoms with Crippen LogP contribution in [0.1, 0.15) is 55.8 Å². The average Bonchev–Trinajstić information content (AvgIpc) is 2.59. The van der Waals surface area contributed by atoms with Crippen LogP contribution in [0.25, 0.3) is 11.0 Å². The molecule has 2 aromatic rings. The summed E-state index contributed by atoms with van der Waals surface area (Å²) in [6.45, 7) is 2.84. The van der Waals surface area contributed by atoms with Crippen molar-refractivity contribution in [2.24, 2.45) is 0 Å². The van der Waals surface area contributed by atoms with Gasteiger partial charge in [0.1, 0.15) is 16.9 Å². The van der Waals surface area contributed by atoms with Gasteiger partial charge in [0.25, 0.3) is 0 Å². The van der Waals surface area contributed by atoms with E-state index >= 15 is 0 Å². The number of unbranched alkanes of at least 4 members (excludes halogenated alkanes) is 5. The highest BCUT2D eigenvalue weighted by atomic mass is 16.5. The molecule has 1 aromatic heterocycles. The molecule has 0 spiro atoms. The first-order valence-corrected chi connectivity index (χ1v) is 8.44. The second-order valence-electron chi connectivity index (χ2n) is 5.75. The number of benzene rings is 1. The van der Waals surface area contributed by atoms with Crippen molar-refractivity contribution in [3.8, 4) is 5.75 Å². The number of ether oxygens (including phenoxy) is 2. The maximum Gasteiger partial charge on any atom is 0.351 e. The number of carbonyl (C=O) groups excluding carboxylic acids is 1. The Morgan fingerprint density at radius 1 is 1.08 bits per heavy atom. The molecular weight excluding hydrogens is 308 g/mol. The highest BCUT2D eigenvalue weighted by Crippen LogP contribution is 2.21. The summed E-state index contributed by atoms with van der Waals surface area (Å²) >= 11 is 0. The van der Waals surface area contributed by atoms with E-state index in [0.29, 0.717) is 23.3 Å². The SMILES string of the molecule is CCCCCCCCOc1ccc2cc(C(=O)OC)c(=O)oc2c1. The van der Waals surface area contributed by atoms with Crippen LogP contribution in [0.3, 0.4) is 0 Å². The molecule has 5 heteroatoms. The molecule has 0 saturated carbocycles. The minimum atomic E-state index is -0.706. The van der Waals surface area contributed by atoms with Crippen molar-refractivity contribution >= 4 is 16.9 Å². The molecular formula is C19H24O5. The van der Waals surface area contributed by atoms with Gasteiger partial charge in [-0.1, -0.05) is 39.0 Å². The molecule has 2 rings (SSSR count). The molecule has 0 aliphatic rings. The van der Waals surface area contributed by atoms with Crippen molar-refractivity contribution in [2.45, 2.75) is 45.4 Å². The topological polar surface area (TPSA) is 65.7 Å². The third-order valence-corrected chi connectivity index (χ3v) is 3.88. The molecule has 0 amide bonds. The maximum absolute atomic E-state index is 11.8. The molecule has 0 saturated heterocycles. The third kappa shape index (κ3) is 4.85. The standard InChI is InChI=1S/C19H24O5/c1-3-4-5-6-7-8-11-23-15-10-9-14-12-16(18(20)22-2)19(21)24-17(14)13-15/h9-10,12-13H,3-8,11H2,1-2H3. The first-order chi connectivity index (χ1) is 11.7. The van der Waals surface area contributed by atoms with Gasteiger partial charge < -0.3 is 13.9 Å². The third-order valence-electron chi connectivity index (χ3n) is 3.88. The number of carbonyl (C=O) groups is 1. The van der Waals surface area contributed by atoms with Crippen LogP contribution in [-0.2, 0) is 4.74 Å². The summed E-state index contributed by atoms with van der Waals surface area (Å²) in [4.78, 5) is 23.3. The van der Waals surface area contributed by atoms with Crippen LogP contribution in [-0.4, -0.2) is 19.7 Å². The zero-order valence-corrected chi connectivity index (χ0v) is 14.3. The predicted molar refractivity (Wildman–Crippen MR) is 92.7 cm³/mol. The minimum Gasteiger partial charge on any atom is -0.493 e. The summed E-state index contributed by atoms with van der Waals surface area (Å²) in [5, 5.41) is 0.655. The first-order valence-electron chi connectivity index (χ1n) is 8.44. The van der Waals surface area contributed by atoms with Crippen molar-refractivity contribution in [3.63, 3.8) is 0 Å². The summed E-state index contributed by atoms with van der Waals surface area (Å²) in [5.41, 5.74) is -0.415. The summed E-state index contributed by atoms with van der Waals surface area (Å²) in [6.07, 6.45) is 7.22. The van der Waals surface area contributed by atoms with E-state index in [-0.39, 0.29) is 5.56 Å². The second-order valence-corrected chi connectivity index (χ2v) is 5.75. The Morgan fingerprint density at radius 2 is 1.83 bits per heavy atom. The second kappa shape index (κ2) is 9.11. The average molecular weight is 332 g/mol. The molecule has 0 unspecified atom stereocenters. The van der Waals surface area contributed by atoms with E-state index in [9.17, 15) is 9.59 Å². The first kappa shape index (κ1) is 18.0. The van der Waals surface area contributed by atoms with Gasteiger partial charge in [-0.15, -0.1) is 0 Å². The molecule has 0 aliphatic carbocycles. The fourth-order valence-electron chi connectivity index (χ4n) is 2.51. The van der Waals surface area contributed by atoms with Crippen molar-refractivity contribution in [1.82, 2.24) is 0 Å². The fourth-order valence-corrected chi connectivity index (χ4v) is 2.51. The highest BCUT2D eigenvalue weighted by Gasteiger charge is 2.14. The lowest BCUT2D eigenvalue weighted by Gasteiger charge is -2.07. The van der Waals surface area contributed by atoms with Gasteiger partial charge in [-0.3, -0.25) is 0 Å². The van der Waals surface area contributed by atoms with Crippen LogP contribution < -0.4 is 10.4 Å². The summed E-state index contributed by atoms with van der Waals surface area (Å²) in [7, 11) is 1.23. The molecule has 0 bridgehead atoms. The summed E-state index contributed by atoms with van der Waals surface area (Å²) in [6, 6.07) is 6.72. The monoisotopic (exact) mass is 332 g/mol. The molecule has 5 nitrogen and oxygen atoms in total. The van der Waals surface area contributed by atoms with Crippen molar-refractivity contribution in [1.29, 1.82) is 0 Å². The minimum absolute atomic E-state index is 0.106. The Morgan fingerprint density at radius 3 is 2.58 bits per heavy atom. The van der Waals surface area contributed by atoms with Gasteiger partial charge >= 0.3 is 11.6 Å². The Balaban J connectivity index is 1.96. The van der Waals surface area contributed by atoms with E-state index in [0.717, 1.165) is 12.8 Å². The van der Waals surface area contributed by atoms with Gasteiger partial charge in [0, 0.05) is 11.5 Å². The molecule has 1 heterocycles. The van der Waals surface area contributed by atoms with Gasteiger partial charge in [-0.25, -0.2) is 9.59 Å². The Bertz CT molecular complexity index is 732. The van der Waals surface area contributed by atoms with Crippen LogP contribution in [0.5, 0.6) is 5.75 Å².